The molecule has 4 nitrogen and oxygen atoms in total. The Morgan fingerprint density at radius 2 is 0.833 bits per heavy atom. The van der Waals surface area contributed by atoms with Gasteiger partial charge in [0.2, 0.25) is 0 Å². The molecule has 0 fully saturated rings. The number of oxazole rings is 1. The maximum atomic E-state index is 5.10. The number of hydrogen-bond acceptors (Lipinski definition) is 6. The van der Waals surface area contributed by atoms with Crippen LogP contribution in [0.2, 0.25) is 0 Å². The van der Waals surface area contributed by atoms with E-state index in [0.29, 0.717) is 0 Å². The second-order valence-corrected chi connectivity index (χ2v) is 8.44. The first-order valence-corrected chi connectivity index (χ1v) is 9.45. The number of rotatable bonds is 0. The fourth-order valence-corrected chi connectivity index (χ4v) is 3.54. The molecule has 0 saturated heterocycles. The standard InChI is InChI=1S/C6H9NO.2C6H9NS.6CH4/c3*1-4-5(2)8-6(3)7-4;;;;;;/h3*1-3H3;6*1H4. The number of aryl methyl sites for hydroxylation is 9. The van der Waals surface area contributed by atoms with Gasteiger partial charge in [-0.25, -0.2) is 15.0 Å². The van der Waals surface area contributed by atoms with Crippen LogP contribution in [-0.2, 0) is 0 Å². The fourth-order valence-electron chi connectivity index (χ4n) is 1.90. The van der Waals surface area contributed by atoms with Gasteiger partial charge in [0.15, 0.2) is 5.89 Å². The summed E-state index contributed by atoms with van der Waals surface area (Å²) in [6, 6.07) is 0. The minimum Gasteiger partial charge on any atom is -0.446 e. The third-order valence-electron chi connectivity index (χ3n) is 3.41. The van der Waals surface area contributed by atoms with Crippen molar-refractivity contribution < 1.29 is 4.42 Å². The normalized spacial score (nSPS) is 7.90. The maximum Gasteiger partial charge on any atom is 0.191 e. The maximum absolute atomic E-state index is 5.10. The van der Waals surface area contributed by atoms with Gasteiger partial charge in [-0.1, -0.05) is 44.6 Å². The Hall–Kier alpha value is -1.53. The SMILES string of the molecule is C.C.C.C.C.C.Cc1nc(C)c(C)o1.Cc1nc(C)c(C)s1.Cc1nc(C)c(C)s1. The number of thiazole rings is 2. The van der Waals surface area contributed by atoms with E-state index in [4.69, 9.17) is 4.42 Å². The van der Waals surface area contributed by atoms with Crippen LogP contribution in [0.15, 0.2) is 4.42 Å². The van der Waals surface area contributed by atoms with Gasteiger partial charge in [0.1, 0.15) is 5.76 Å². The third-order valence-corrected chi connectivity index (χ3v) is 5.38. The van der Waals surface area contributed by atoms with Crippen molar-refractivity contribution in [2.45, 2.75) is 107 Å². The molecule has 0 atom stereocenters. The quantitative estimate of drug-likeness (QED) is 0.334. The second kappa shape index (κ2) is 19.4. The van der Waals surface area contributed by atoms with Gasteiger partial charge in [-0.15, -0.1) is 22.7 Å². The summed E-state index contributed by atoms with van der Waals surface area (Å²) in [5.74, 6) is 1.67. The van der Waals surface area contributed by atoms with E-state index in [9.17, 15) is 0 Å². The zero-order valence-electron chi connectivity index (χ0n) is 16.1. The van der Waals surface area contributed by atoms with Gasteiger partial charge in [-0.3, -0.25) is 0 Å². The molecule has 3 heterocycles. The van der Waals surface area contributed by atoms with Crippen LogP contribution in [0.1, 0.15) is 93.1 Å². The van der Waals surface area contributed by atoms with Gasteiger partial charge in [-0.2, -0.15) is 0 Å². The molecule has 3 aromatic heterocycles. The highest BCUT2D eigenvalue weighted by atomic mass is 32.1. The molecular formula is C24H51N3OS2. The Bertz CT molecular complexity index is 623. The molecule has 3 aromatic rings. The van der Waals surface area contributed by atoms with Gasteiger partial charge in [-0.05, 0) is 55.4 Å². The lowest BCUT2D eigenvalue weighted by Crippen LogP contribution is -1.71. The highest BCUT2D eigenvalue weighted by molar-refractivity contribution is 7.11. The van der Waals surface area contributed by atoms with Crippen molar-refractivity contribution in [2.75, 3.05) is 0 Å². The van der Waals surface area contributed by atoms with Gasteiger partial charge < -0.3 is 4.42 Å². The second-order valence-electron chi connectivity index (χ2n) is 5.62. The molecular weight excluding hydrogens is 410 g/mol. The average molecular weight is 462 g/mol. The highest BCUT2D eigenvalue weighted by Crippen LogP contribution is 2.14. The van der Waals surface area contributed by atoms with E-state index in [1.165, 1.54) is 31.2 Å². The minimum absolute atomic E-state index is 0. The first-order chi connectivity index (χ1) is 11.1. The Labute approximate surface area is 197 Å². The molecule has 0 bridgehead atoms. The molecule has 0 aliphatic carbocycles. The summed E-state index contributed by atoms with van der Waals surface area (Å²) in [7, 11) is 0. The molecule has 3 rings (SSSR count). The number of aromatic nitrogens is 3. The van der Waals surface area contributed by atoms with E-state index in [1.54, 1.807) is 22.7 Å². The molecule has 30 heavy (non-hydrogen) atoms. The van der Waals surface area contributed by atoms with Crippen LogP contribution in [0.5, 0.6) is 0 Å². The summed E-state index contributed by atoms with van der Waals surface area (Å²) in [6.07, 6.45) is 0. The topological polar surface area (TPSA) is 51.8 Å². The van der Waals surface area contributed by atoms with E-state index < -0.39 is 0 Å². The molecule has 0 unspecified atom stereocenters. The van der Waals surface area contributed by atoms with Crippen molar-refractivity contribution in [1.29, 1.82) is 0 Å². The predicted molar refractivity (Wildman–Crippen MR) is 144 cm³/mol. The lowest BCUT2D eigenvalue weighted by atomic mass is 10.4. The van der Waals surface area contributed by atoms with E-state index in [1.807, 2.05) is 48.5 Å². The molecule has 0 N–H and O–H groups in total. The van der Waals surface area contributed by atoms with E-state index in [-0.39, 0.29) is 44.6 Å². The summed E-state index contributed by atoms with van der Waals surface area (Å²) in [5.41, 5.74) is 3.34. The zero-order chi connectivity index (χ0) is 18.4. The summed E-state index contributed by atoms with van der Waals surface area (Å²) in [4.78, 5) is 15.2. The van der Waals surface area contributed by atoms with Crippen LogP contribution in [-0.4, -0.2) is 15.0 Å². The third kappa shape index (κ3) is 14.5. The first kappa shape index (κ1) is 42.5. The smallest absolute Gasteiger partial charge is 0.191 e. The van der Waals surface area contributed by atoms with Crippen LogP contribution in [0.3, 0.4) is 0 Å². The van der Waals surface area contributed by atoms with Crippen molar-refractivity contribution in [2.24, 2.45) is 0 Å². The van der Waals surface area contributed by atoms with Gasteiger partial charge >= 0.3 is 0 Å². The molecule has 0 saturated carbocycles. The first-order valence-electron chi connectivity index (χ1n) is 7.82. The molecule has 0 amide bonds. The molecule has 0 aliphatic heterocycles. The summed E-state index contributed by atoms with van der Waals surface area (Å²) >= 11 is 3.52. The number of hydrogen-bond donors (Lipinski definition) is 0. The Kier molecular flexibility index (Phi) is 27.6. The summed E-state index contributed by atoms with van der Waals surface area (Å²) in [6.45, 7) is 18.0. The monoisotopic (exact) mass is 461 g/mol. The van der Waals surface area contributed by atoms with Crippen molar-refractivity contribution in [3.63, 3.8) is 0 Å². The van der Waals surface area contributed by atoms with Gasteiger partial charge in [0.25, 0.3) is 0 Å². The van der Waals surface area contributed by atoms with Crippen molar-refractivity contribution in [3.05, 3.63) is 48.5 Å². The number of nitrogens with zero attached hydrogens (tertiary/aromatic N) is 3. The average Bonchev–Trinajstić information content (AvgIpc) is 3.01. The van der Waals surface area contributed by atoms with Gasteiger partial charge in [0, 0.05) is 16.7 Å². The van der Waals surface area contributed by atoms with Crippen LogP contribution in [0.25, 0.3) is 0 Å². The Balaban J connectivity index is -0.0000000655. The molecule has 0 spiro atoms. The van der Waals surface area contributed by atoms with Crippen LogP contribution in [0, 0.1) is 62.3 Å². The van der Waals surface area contributed by atoms with E-state index >= 15 is 0 Å². The summed E-state index contributed by atoms with van der Waals surface area (Å²) < 4.78 is 5.10. The predicted octanol–water partition coefficient (Wildman–Crippen LogP) is 9.55. The van der Waals surface area contributed by atoms with Crippen LogP contribution in [0.4, 0.5) is 0 Å². The lowest BCUT2D eigenvalue weighted by molar-refractivity contribution is 0.493. The Morgan fingerprint density at radius 3 is 0.900 bits per heavy atom. The van der Waals surface area contributed by atoms with Crippen LogP contribution >= 0.6 is 22.7 Å². The molecule has 0 aliphatic rings. The molecule has 0 aromatic carbocycles. The van der Waals surface area contributed by atoms with Gasteiger partial charge in [0.05, 0.1) is 27.1 Å². The van der Waals surface area contributed by atoms with E-state index in [0.717, 1.165) is 17.3 Å². The minimum atomic E-state index is 0. The molecule has 0 radical (unpaired) electrons. The highest BCUT2D eigenvalue weighted by Gasteiger charge is 1.97. The van der Waals surface area contributed by atoms with Crippen LogP contribution < -0.4 is 0 Å². The fraction of sp³-hybridized carbons (Fsp3) is 0.625. The zero-order valence-corrected chi connectivity index (χ0v) is 17.7. The largest absolute Gasteiger partial charge is 0.446 e. The van der Waals surface area contributed by atoms with Crippen molar-refractivity contribution >= 4 is 22.7 Å². The molecule has 6 heteroatoms. The summed E-state index contributed by atoms with van der Waals surface area (Å²) in [5, 5.41) is 2.33. The van der Waals surface area contributed by atoms with Crippen molar-refractivity contribution in [3.8, 4) is 0 Å². The molecule has 180 valence electrons. The van der Waals surface area contributed by atoms with Crippen molar-refractivity contribution in [1.82, 2.24) is 15.0 Å². The Morgan fingerprint density at radius 1 is 0.500 bits per heavy atom. The van der Waals surface area contributed by atoms with E-state index in [2.05, 4.69) is 28.8 Å². The lowest BCUT2D eigenvalue weighted by Gasteiger charge is -1.77.